The van der Waals surface area contributed by atoms with Crippen LogP contribution in [0.2, 0.25) is 0 Å². The topological polar surface area (TPSA) is 42.0 Å². The Morgan fingerprint density at radius 2 is 2.11 bits per heavy atom. The number of hydrogen-bond donors (Lipinski definition) is 1. The molecule has 0 aliphatic carbocycles. The highest BCUT2D eigenvalue weighted by Crippen LogP contribution is 2.25. The number of halogens is 3. The molecule has 1 aromatic heterocycles. The van der Waals surface area contributed by atoms with Gasteiger partial charge < -0.3 is 5.32 Å². The van der Waals surface area contributed by atoms with E-state index in [0.717, 1.165) is 5.56 Å². The van der Waals surface area contributed by atoms with Crippen LogP contribution < -0.4 is 5.32 Å². The molecule has 2 rings (SSSR count). The number of carbonyl (C=O) groups is 1. The second kappa shape index (κ2) is 5.79. The van der Waals surface area contributed by atoms with Crippen molar-refractivity contribution >= 4 is 43.5 Å². The Kier molecular flexibility index (Phi) is 4.31. The van der Waals surface area contributed by atoms with Gasteiger partial charge in [-0.05, 0) is 68.6 Å². The molecule has 0 saturated carbocycles. The summed E-state index contributed by atoms with van der Waals surface area (Å²) in [5, 5.41) is 2.67. The lowest BCUT2D eigenvalue weighted by Gasteiger charge is -2.10. The molecule has 0 spiro atoms. The van der Waals surface area contributed by atoms with E-state index in [0.29, 0.717) is 20.3 Å². The first kappa shape index (κ1) is 14.1. The quantitative estimate of drug-likeness (QED) is 0.780. The fraction of sp³-hybridized carbons (Fsp3) is 0.0769. The molecule has 19 heavy (non-hydrogen) atoms. The number of nitrogens with zero attached hydrogens (tertiary/aromatic N) is 1. The minimum absolute atomic E-state index is 0.343. The van der Waals surface area contributed by atoms with Crippen molar-refractivity contribution in [2.75, 3.05) is 5.32 Å². The summed E-state index contributed by atoms with van der Waals surface area (Å²) < 4.78 is 14.3. The molecule has 3 nitrogen and oxygen atoms in total. The zero-order valence-corrected chi connectivity index (χ0v) is 13.0. The number of aryl methyl sites for hydroxylation is 1. The van der Waals surface area contributed by atoms with Crippen molar-refractivity contribution in [2.24, 2.45) is 0 Å². The average Bonchev–Trinajstić information content (AvgIpc) is 2.36. The predicted octanol–water partition coefficient (Wildman–Crippen LogP) is 4.31. The van der Waals surface area contributed by atoms with Gasteiger partial charge in [-0.1, -0.05) is 0 Å². The van der Waals surface area contributed by atoms with E-state index in [1.165, 1.54) is 6.07 Å². The Labute approximate surface area is 126 Å². The minimum Gasteiger partial charge on any atom is -0.322 e. The van der Waals surface area contributed by atoms with Gasteiger partial charge in [0.25, 0.3) is 5.91 Å². The summed E-state index contributed by atoms with van der Waals surface area (Å²) in [6.45, 7) is 1.79. The Morgan fingerprint density at radius 1 is 1.37 bits per heavy atom. The van der Waals surface area contributed by atoms with Crippen LogP contribution in [0.1, 0.15) is 15.9 Å². The van der Waals surface area contributed by atoms with Crippen molar-refractivity contribution in [3.8, 4) is 0 Å². The third-order valence-corrected chi connectivity index (χ3v) is 3.76. The van der Waals surface area contributed by atoms with Crippen LogP contribution in [0, 0.1) is 12.7 Å². The van der Waals surface area contributed by atoms with E-state index in [1.807, 2.05) is 0 Å². The number of benzene rings is 1. The SMILES string of the molecule is Cc1cc(Br)c(F)cc1NC(=O)c1cccnc1Br. The van der Waals surface area contributed by atoms with E-state index in [1.54, 1.807) is 31.3 Å². The van der Waals surface area contributed by atoms with Crippen molar-refractivity contribution in [3.63, 3.8) is 0 Å². The molecule has 0 aliphatic rings. The molecule has 0 bridgehead atoms. The van der Waals surface area contributed by atoms with Gasteiger partial charge in [-0.3, -0.25) is 4.79 Å². The summed E-state index contributed by atoms with van der Waals surface area (Å²) in [5.41, 5.74) is 1.59. The van der Waals surface area contributed by atoms with Crippen LogP contribution in [0.3, 0.4) is 0 Å². The molecule has 0 saturated heterocycles. The smallest absolute Gasteiger partial charge is 0.258 e. The molecule has 1 heterocycles. The summed E-state index contributed by atoms with van der Waals surface area (Å²) in [5.74, 6) is -0.768. The zero-order chi connectivity index (χ0) is 14.0. The molecule has 6 heteroatoms. The van der Waals surface area contributed by atoms with Gasteiger partial charge >= 0.3 is 0 Å². The van der Waals surface area contributed by atoms with Crippen molar-refractivity contribution in [2.45, 2.75) is 6.92 Å². The highest BCUT2D eigenvalue weighted by molar-refractivity contribution is 9.10. The lowest BCUT2D eigenvalue weighted by Crippen LogP contribution is -2.14. The van der Waals surface area contributed by atoms with Gasteiger partial charge in [0.2, 0.25) is 0 Å². The molecule has 0 fully saturated rings. The van der Waals surface area contributed by atoms with Crippen molar-refractivity contribution in [3.05, 3.63) is 56.5 Å². The predicted molar refractivity (Wildman–Crippen MR) is 78.7 cm³/mol. The Bertz CT molecular complexity index is 647. The minimum atomic E-state index is -0.425. The number of nitrogens with one attached hydrogen (secondary N) is 1. The molecule has 1 amide bonds. The largest absolute Gasteiger partial charge is 0.322 e. The lowest BCUT2D eigenvalue weighted by atomic mass is 10.2. The molecule has 98 valence electrons. The van der Waals surface area contributed by atoms with E-state index in [4.69, 9.17) is 0 Å². The molecular formula is C13H9Br2FN2O. The number of carbonyl (C=O) groups excluding carboxylic acids is 1. The summed E-state index contributed by atoms with van der Waals surface area (Å²) >= 11 is 6.30. The van der Waals surface area contributed by atoms with Crippen LogP contribution in [0.5, 0.6) is 0 Å². The fourth-order valence-corrected chi connectivity index (χ4v) is 2.41. The molecular weight excluding hydrogens is 379 g/mol. The fourth-order valence-electron chi connectivity index (χ4n) is 1.53. The van der Waals surface area contributed by atoms with Gasteiger partial charge in [-0.15, -0.1) is 0 Å². The number of pyridine rings is 1. The second-order valence-electron chi connectivity index (χ2n) is 3.88. The summed E-state index contributed by atoms with van der Waals surface area (Å²) in [6.07, 6.45) is 1.57. The first-order valence-corrected chi connectivity index (χ1v) is 6.95. The molecule has 1 N–H and O–H groups in total. The lowest BCUT2D eigenvalue weighted by molar-refractivity contribution is 0.102. The van der Waals surface area contributed by atoms with Gasteiger partial charge in [0, 0.05) is 11.9 Å². The zero-order valence-electron chi connectivity index (χ0n) is 9.88. The van der Waals surface area contributed by atoms with Crippen LogP contribution in [0.15, 0.2) is 39.5 Å². The van der Waals surface area contributed by atoms with E-state index < -0.39 is 5.82 Å². The number of anilines is 1. The summed E-state index contributed by atoms with van der Waals surface area (Å²) in [4.78, 5) is 16.0. The Hall–Kier alpha value is -1.27. The standard InChI is InChI=1S/C13H9Br2FN2O/c1-7-5-9(14)10(16)6-11(7)18-13(19)8-3-2-4-17-12(8)15/h2-6H,1H3,(H,18,19). The first-order chi connectivity index (χ1) is 8.99. The molecule has 0 radical (unpaired) electrons. The van der Waals surface area contributed by atoms with Crippen molar-refractivity contribution < 1.29 is 9.18 Å². The van der Waals surface area contributed by atoms with Gasteiger partial charge in [0.15, 0.2) is 0 Å². The highest BCUT2D eigenvalue weighted by Gasteiger charge is 2.13. The average molecular weight is 388 g/mol. The number of amides is 1. The molecule has 0 aliphatic heterocycles. The normalized spacial score (nSPS) is 10.3. The van der Waals surface area contributed by atoms with Crippen LogP contribution in [-0.2, 0) is 0 Å². The Morgan fingerprint density at radius 3 is 2.79 bits per heavy atom. The second-order valence-corrected chi connectivity index (χ2v) is 5.48. The van der Waals surface area contributed by atoms with E-state index in [2.05, 4.69) is 42.2 Å². The van der Waals surface area contributed by atoms with E-state index in [-0.39, 0.29) is 5.91 Å². The van der Waals surface area contributed by atoms with Crippen molar-refractivity contribution in [1.82, 2.24) is 4.98 Å². The van der Waals surface area contributed by atoms with Crippen molar-refractivity contribution in [1.29, 1.82) is 0 Å². The third kappa shape index (κ3) is 3.19. The van der Waals surface area contributed by atoms with Crippen LogP contribution in [0.4, 0.5) is 10.1 Å². The van der Waals surface area contributed by atoms with Crippen LogP contribution >= 0.6 is 31.9 Å². The third-order valence-electron chi connectivity index (χ3n) is 2.52. The van der Waals surface area contributed by atoms with E-state index >= 15 is 0 Å². The Balaban J connectivity index is 2.30. The van der Waals surface area contributed by atoms with E-state index in [9.17, 15) is 9.18 Å². The van der Waals surface area contributed by atoms with Gasteiger partial charge in [0.1, 0.15) is 10.4 Å². The number of rotatable bonds is 2. The molecule has 0 unspecified atom stereocenters. The van der Waals surface area contributed by atoms with Gasteiger partial charge in [0.05, 0.1) is 10.0 Å². The molecule has 1 aromatic carbocycles. The monoisotopic (exact) mass is 386 g/mol. The van der Waals surface area contributed by atoms with Crippen LogP contribution in [-0.4, -0.2) is 10.9 Å². The molecule has 0 atom stereocenters. The van der Waals surface area contributed by atoms with Crippen LogP contribution in [0.25, 0.3) is 0 Å². The van der Waals surface area contributed by atoms with Gasteiger partial charge in [-0.25, -0.2) is 9.37 Å². The number of aromatic nitrogens is 1. The maximum Gasteiger partial charge on any atom is 0.258 e. The maximum absolute atomic E-state index is 13.5. The first-order valence-electron chi connectivity index (χ1n) is 5.36. The number of hydrogen-bond acceptors (Lipinski definition) is 2. The van der Waals surface area contributed by atoms with Gasteiger partial charge in [-0.2, -0.15) is 0 Å². The summed E-state index contributed by atoms with van der Waals surface area (Å²) in [7, 11) is 0. The maximum atomic E-state index is 13.5. The molecule has 2 aromatic rings. The highest BCUT2D eigenvalue weighted by atomic mass is 79.9. The summed E-state index contributed by atoms with van der Waals surface area (Å²) in [6, 6.07) is 6.19.